The van der Waals surface area contributed by atoms with Gasteiger partial charge in [0.2, 0.25) is 0 Å². The molecule has 1 amide bonds. The second kappa shape index (κ2) is 6.88. The van der Waals surface area contributed by atoms with Crippen molar-refractivity contribution in [2.24, 2.45) is 0 Å². The number of pyridine rings is 1. The number of halogens is 1. The van der Waals surface area contributed by atoms with Gasteiger partial charge in [0, 0.05) is 25.2 Å². The van der Waals surface area contributed by atoms with Crippen LogP contribution in [0.15, 0.2) is 12.1 Å². The van der Waals surface area contributed by atoms with E-state index >= 15 is 0 Å². The van der Waals surface area contributed by atoms with Crippen molar-refractivity contribution >= 4 is 23.3 Å². The normalized spacial score (nSPS) is 18.9. The molecule has 1 unspecified atom stereocenters. The second-order valence-corrected chi connectivity index (χ2v) is 4.91. The van der Waals surface area contributed by atoms with E-state index in [-0.39, 0.29) is 23.8 Å². The standard InChI is InChI=1S/C13H18ClN3O3/c1-2-15-12-6-9(5-11(14)16-12)13(19)17-3-4-20-10(7-17)8-18/h5-6,10,18H,2-4,7-8H2,1H3,(H,15,16). The maximum absolute atomic E-state index is 12.4. The Hall–Kier alpha value is -1.37. The van der Waals surface area contributed by atoms with Crippen molar-refractivity contribution in [3.63, 3.8) is 0 Å². The number of hydrogen-bond acceptors (Lipinski definition) is 5. The van der Waals surface area contributed by atoms with Crippen molar-refractivity contribution < 1.29 is 14.6 Å². The van der Waals surface area contributed by atoms with E-state index < -0.39 is 0 Å². The van der Waals surface area contributed by atoms with E-state index in [1.54, 1.807) is 17.0 Å². The van der Waals surface area contributed by atoms with Crippen LogP contribution < -0.4 is 5.32 Å². The van der Waals surface area contributed by atoms with E-state index in [1.165, 1.54) is 0 Å². The monoisotopic (exact) mass is 299 g/mol. The number of ether oxygens (including phenoxy) is 1. The molecule has 0 aliphatic carbocycles. The summed E-state index contributed by atoms with van der Waals surface area (Å²) < 4.78 is 5.33. The number of anilines is 1. The van der Waals surface area contributed by atoms with Gasteiger partial charge in [-0.15, -0.1) is 0 Å². The number of amides is 1. The molecule has 110 valence electrons. The number of nitrogens with one attached hydrogen (secondary N) is 1. The summed E-state index contributed by atoms with van der Waals surface area (Å²) in [5.41, 5.74) is 0.486. The molecule has 0 saturated carbocycles. The molecule has 1 fully saturated rings. The van der Waals surface area contributed by atoms with E-state index in [4.69, 9.17) is 21.4 Å². The molecule has 0 aromatic carbocycles. The minimum atomic E-state index is -0.321. The molecule has 0 radical (unpaired) electrons. The fraction of sp³-hybridized carbons (Fsp3) is 0.538. The molecule has 1 atom stereocenters. The van der Waals surface area contributed by atoms with Crippen LogP contribution in [-0.4, -0.2) is 59.8 Å². The van der Waals surface area contributed by atoms with E-state index in [2.05, 4.69) is 10.3 Å². The van der Waals surface area contributed by atoms with Gasteiger partial charge in [-0.2, -0.15) is 0 Å². The van der Waals surface area contributed by atoms with E-state index in [9.17, 15) is 4.79 Å². The predicted molar refractivity (Wildman–Crippen MR) is 76.1 cm³/mol. The molecule has 20 heavy (non-hydrogen) atoms. The zero-order chi connectivity index (χ0) is 14.5. The van der Waals surface area contributed by atoms with Crippen LogP contribution in [-0.2, 0) is 4.74 Å². The number of morpholine rings is 1. The number of aliphatic hydroxyl groups excluding tert-OH is 1. The fourth-order valence-corrected chi connectivity index (χ4v) is 2.30. The molecule has 1 aromatic heterocycles. The Bertz CT molecular complexity index is 484. The lowest BCUT2D eigenvalue weighted by molar-refractivity contribution is -0.0447. The van der Waals surface area contributed by atoms with Gasteiger partial charge in [-0.1, -0.05) is 11.6 Å². The highest BCUT2D eigenvalue weighted by Gasteiger charge is 2.25. The molecule has 1 aromatic rings. The first-order valence-corrected chi connectivity index (χ1v) is 6.95. The third kappa shape index (κ3) is 3.59. The van der Waals surface area contributed by atoms with Gasteiger partial charge < -0.3 is 20.1 Å². The van der Waals surface area contributed by atoms with Crippen molar-refractivity contribution in [3.8, 4) is 0 Å². The number of rotatable bonds is 4. The topological polar surface area (TPSA) is 74.7 Å². The van der Waals surface area contributed by atoms with Crippen LogP contribution in [0.2, 0.25) is 5.15 Å². The highest BCUT2D eigenvalue weighted by molar-refractivity contribution is 6.29. The molecule has 1 aliphatic heterocycles. The average Bonchev–Trinajstić information content (AvgIpc) is 2.46. The number of aromatic nitrogens is 1. The molecule has 0 spiro atoms. The molecule has 6 nitrogen and oxygen atoms in total. The van der Waals surface area contributed by atoms with Crippen molar-refractivity contribution in [1.82, 2.24) is 9.88 Å². The minimum Gasteiger partial charge on any atom is -0.394 e. The molecular weight excluding hydrogens is 282 g/mol. The molecule has 2 heterocycles. The number of carbonyl (C=O) groups excluding carboxylic acids is 1. The summed E-state index contributed by atoms with van der Waals surface area (Å²) in [5, 5.41) is 12.4. The Balaban J connectivity index is 2.15. The van der Waals surface area contributed by atoms with E-state index in [1.807, 2.05) is 6.92 Å². The number of nitrogens with zero attached hydrogens (tertiary/aromatic N) is 2. The Morgan fingerprint density at radius 1 is 1.65 bits per heavy atom. The highest BCUT2D eigenvalue weighted by atomic mass is 35.5. The zero-order valence-corrected chi connectivity index (χ0v) is 12.1. The van der Waals surface area contributed by atoms with Gasteiger partial charge in [-0.25, -0.2) is 4.98 Å². The molecule has 0 bridgehead atoms. The number of aliphatic hydroxyl groups is 1. The summed E-state index contributed by atoms with van der Waals surface area (Å²) >= 11 is 5.94. The van der Waals surface area contributed by atoms with Gasteiger partial charge >= 0.3 is 0 Å². The summed E-state index contributed by atoms with van der Waals surface area (Å²) in [7, 11) is 0. The molecule has 1 saturated heterocycles. The average molecular weight is 300 g/mol. The first-order valence-electron chi connectivity index (χ1n) is 6.57. The Labute approximate surface area is 122 Å². The van der Waals surface area contributed by atoms with Crippen LogP contribution in [0.3, 0.4) is 0 Å². The van der Waals surface area contributed by atoms with Crippen LogP contribution in [0.25, 0.3) is 0 Å². The lowest BCUT2D eigenvalue weighted by atomic mass is 10.2. The quantitative estimate of drug-likeness (QED) is 0.811. The summed E-state index contributed by atoms with van der Waals surface area (Å²) in [6.45, 7) is 3.86. The van der Waals surface area contributed by atoms with E-state index in [0.717, 1.165) is 0 Å². The van der Waals surface area contributed by atoms with E-state index in [0.29, 0.717) is 37.6 Å². The smallest absolute Gasteiger partial charge is 0.254 e. The minimum absolute atomic E-state index is 0.0937. The van der Waals surface area contributed by atoms with Crippen molar-refractivity contribution in [3.05, 3.63) is 22.8 Å². The van der Waals surface area contributed by atoms with Crippen LogP contribution >= 0.6 is 11.6 Å². The Kier molecular flexibility index (Phi) is 5.17. The van der Waals surface area contributed by atoms with Crippen molar-refractivity contribution in [2.75, 3.05) is 38.2 Å². The van der Waals surface area contributed by atoms with Crippen LogP contribution in [0.5, 0.6) is 0 Å². The first kappa shape index (κ1) is 15.0. The van der Waals surface area contributed by atoms with Gasteiger partial charge in [-0.3, -0.25) is 4.79 Å². The highest BCUT2D eigenvalue weighted by Crippen LogP contribution is 2.17. The molecule has 1 aliphatic rings. The first-order chi connectivity index (χ1) is 9.63. The van der Waals surface area contributed by atoms with Crippen LogP contribution in [0, 0.1) is 0 Å². The molecule has 2 N–H and O–H groups in total. The summed E-state index contributed by atoms with van der Waals surface area (Å²) in [6, 6.07) is 3.23. The Morgan fingerprint density at radius 3 is 3.15 bits per heavy atom. The third-order valence-corrected chi connectivity index (χ3v) is 3.22. The van der Waals surface area contributed by atoms with Crippen molar-refractivity contribution in [1.29, 1.82) is 0 Å². The van der Waals surface area contributed by atoms with Crippen molar-refractivity contribution in [2.45, 2.75) is 13.0 Å². The van der Waals surface area contributed by atoms with Gasteiger partial charge in [0.05, 0.1) is 19.3 Å². The summed E-state index contributed by atoms with van der Waals surface area (Å²) in [5.74, 6) is 0.450. The lowest BCUT2D eigenvalue weighted by Gasteiger charge is -2.32. The van der Waals surface area contributed by atoms with Crippen LogP contribution in [0.4, 0.5) is 5.82 Å². The summed E-state index contributed by atoms with van der Waals surface area (Å²) in [4.78, 5) is 18.2. The third-order valence-electron chi connectivity index (χ3n) is 3.03. The van der Waals surface area contributed by atoms with Gasteiger partial charge in [0.1, 0.15) is 11.0 Å². The zero-order valence-electron chi connectivity index (χ0n) is 11.3. The maximum Gasteiger partial charge on any atom is 0.254 e. The number of hydrogen-bond donors (Lipinski definition) is 2. The maximum atomic E-state index is 12.4. The summed E-state index contributed by atoms with van der Waals surface area (Å²) in [6.07, 6.45) is -0.321. The predicted octanol–water partition coefficient (Wildman–Crippen LogP) is 1.00. The van der Waals surface area contributed by atoms with Gasteiger partial charge in [0.25, 0.3) is 5.91 Å². The van der Waals surface area contributed by atoms with Gasteiger partial charge in [-0.05, 0) is 19.1 Å². The molecular formula is C13H18ClN3O3. The fourth-order valence-electron chi connectivity index (χ4n) is 2.09. The van der Waals surface area contributed by atoms with Crippen LogP contribution in [0.1, 0.15) is 17.3 Å². The second-order valence-electron chi connectivity index (χ2n) is 4.52. The number of carbonyl (C=O) groups is 1. The Morgan fingerprint density at radius 2 is 2.45 bits per heavy atom. The largest absolute Gasteiger partial charge is 0.394 e. The SMILES string of the molecule is CCNc1cc(C(=O)N2CCOC(CO)C2)cc(Cl)n1. The van der Waals surface area contributed by atoms with Gasteiger partial charge in [0.15, 0.2) is 0 Å². The molecule has 7 heteroatoms. The molecule has 2 rings (SSSR count). The lowest BCUT2D eigenvalue weighted by Crippen LogP contribution is -2.46.